The average Bonchev–Trinajstić information content (AvgIpc) is 2.87. The van der Waals surface area contributed by atoms with Crippen molar-refractivity contribution in [3.05, 3.63) is 18.1 Å². The zero-order valence-corrected chi connectivity index (χ0v) is 7.44. The van der Waals surface area contributed by atoms with Crippen molar-refractivity contribution in [3.8, 4) is 0 Å². The van der Waals surface area contributed by atoms with Crippen LogP contribution in [0.4, 0.5) is 0 Å². The predicted molar refractivity (Wildman–Crippen MR) is 48.3 cm³/mol. The van der Waals surface area contributed by atoms with Gasteiger partial charge in [0.2, 0.25) is 0 Å². The molecule has 1 fully saturated rings. The van der Waals surface area contributed by atoms with Crippen LogP contribution in [0.2, 0.25) is 0 Å². The Morgan fingerprint density at radius 1 is 1.38 bits per heavy atom. The SMILES string of the molecule is Cc1nncc2c1cnn2C1CC1. The van der Waals surface area contributed by atoms with Crippen molar-refractivity contribution < 1.29 is 0 Å². The van der Waals surface area contributed by atoms with Crippen LogP contribution in [0.3, 0.4) is 0 Å². The van der Waals surface area contributed by atoms with Gasteiger partial charge in [-0.2, -0.15) is 15.3 Å². The van der Waals surface area contributed by atoms with E-state index in [1.807, 2.05) is 13.1 Å². The van der Waals surface area contributed by atoms with Crippen molar-refractivity contribution in [2.24, 2.45) is 0 Å². The minimum atomic E-state index is 0.612. The van der Waals surface area contributed by atoms with Crippen molar-refractivity contribution in [3.63, 3.8) is 0 Å². The van der Waals surface area contributed by atoms with E-state index < -0.39 is 0 Å². The maximum absolute atomic E-state index is 4.35. The van der Waals surface area contributed by atoms with Gasteiger partial charge < -0.3 is 0 Å². The molecule has 0 amide bonds. The fourth-order valence-corrected chi connectivity index (χ4v) is 1.61. The van der Waals surface area contributed by atoms with E-state index >= 15 is 0 Å². The van der Waals surface area contributed by atoms with Crippen molar-refractivity contribution in [1.29, 1.82) is 0 Å². The summed E-state index contributed by atoms with van der Waals surface area (Å²) >= 11 is 0. The summed E-state index contributed by atoms with van der Waals surface area (Å²) in [4.78, 5) is 0. The van der Waals surface area contributed by atoms with Gasteiger partial charge in [-0.25, -0.2) is 0 Å². The molecule has 0 unspecified atom stereocenters. The first kappa shape index (κ1) is 7.00. The summed E-state index contributed by atoms with van der Waals surface area (Å²) in [6, 6.07) is 0.612. The summed E-state index contributed by atoms with van der Waals surface area (Å²) in [5.41, 5.74) is 2.08. The lowest BCUT2D eigenvalue weighted by molar-refractivity contribution is 0.664. The molecule has 0 aliphatic heterocycles. The van der Waals surface area contributed by atoms with Gasteiger partial charge in [0.05, 0.1) is 29.6 Å². The Balaban J connectivity index is 2.32. The summed E-state index contributed by atoms with van der Waals surface area (Å²) in [6.45, 7) is 1.97. The third-order valence-corrected chi connectivity index (χ3v) is 2.50. The fraction of sp³-hybridized carbons (Fsp3) is 0.444. The van der Waals surface area contributed by atoms with Crippen LogP contribution in [-0.2, 0) is 0 Å². The van der Waals surface area contributed by atoms with Gasteiger partial charge in [-0.15, -0.1) is 0 Å². The lowest BCUT2D eigenvalue weighted by atomic mass is 10.3. The molecule has 3 rings (SSSR count). The summed E-state index contributed by atoms with van der Waals surface area (Å²) < 4.78 is 2.07. The largest absolute Gasteiger partial charge is 0.260 e. The van der Waals surface area contributed by atoms with Crippen LogP contribution < -0.4 is 0 Å². The highest BCUT2D eigenvalue weighted by molar-refractivity contribution is 5.79. The van der Waals surface area contributed by atoms with E-state index in [0.29, 0.717) is 6.04 Å². The quantitative estimate of drug-likeness (QED) is 0.657. The van der Waals surface area contributed by atoms with Crippen molar-refractivity contribution >= 4 is 10.9 Å². The van der Waals surface area contributed by atoms with Crippen LogP contribution in [-0.4, -0.2) is 20.0 Å². The Kier molecular flexibility index (Phi) is 1.23. The lowest BCUT2D eigenvalue weighted by Gasteiger charge is -1.98. The molecule has 0 bridgehead atoms. The molecule has 0 saturated heterocycles. The highest BCUT2D eigenvalue weighted by atomic mass is 15.3. The maximum atomic E-state index is 4.35. The van der Waals surface area contributed by atoms with Gasteiger partial charge in [-0.1, -0.05) is 0 Å². The Morgan fingerprint density at radius 2 is 2.23 bits per heavy atom. The summed E-state index contributed by atoms with van der Waals surface area (Å²) in [7, 11) is 0. The second kappa shape index (κ2) is 2.28. The third-order valence-electron chi connectivity index (χ3n) is 2.50. The minimum Gasteiger partial charge on any atom is -0.260 e. The van der Waals surface area contributed by atoms with Crippen molar-refractivity contribution in [2.75, 3.05) is 0 Å². The summed E-state index contributed by atoms with van der Waals surface area (Å²) in [5.74, 6) is 0. The van der Waals surface area contributed by atoms with Gasteiger partial charge in [0, 0.05) is 5.39 Å². The first-order valence-electron chi connectivity index (χ1n) is 4.52. The smallest absolute Gasteiger partial charge is 0.0906 e. The molecule has 0 N–H and O–H groups in total. The van der Waals surface area contributed by atoms with Crippen molar-refractivity contribution in [1.82, 2.24) is 20.0 Å². The number of aryl methyl sites for hydroxylation is 1. The summed E-state index contributed by atoms with van der Waals surface area (Å²) in [5, 5.41) is 13.4. The second-order valence-electron chi connectivity index (χ2n) is 3.55. The first-order chi connectivity index (χ1) is 6.36. The van der Waals surface area contributed by atoms with E-state index in [2.05, 4.69) is 20.0 Å². The molecular formula is C9H10N4. The third kappa shape index (κ3) is 0.946. The van der Waals surface area contributed by atoms with E-state index in [9.17, 15) is 0 Å². The zero-order chi connectivity index (χ0) is 8.84. The molecule has 2 heterocycles. The number of hydrogen-bond acceptors (Lipinski definition) is 3. The topological polar surface area (TPSA) is 43.6 Å². The first-order valence-corrected chi connectivity index (χ1v) is 4.52. The standard InChI is InChI=1S/C9H10N4/c1-6-8-4-11-13(7-2-3-7)9(8)5-10-12-6/h4-5,7H,2-3H2,1H3. The second-order valence-corrected chi connectivity index (χ2v) is 3.55. The average molecular weight is 174 g/mol. The van der Waals surface area contributed by atoms with E-state index in [1.54, 1.807) is 6.20 Å². The monoisotopic (exact) mass is 174 g/mol. The van der Waals surface area contributed by atoms with E-state index in [1.165, 1.54) is 12.8 Å². The predicted octanol–water partition coefficient (Wildman–Crippen LogP) is 1.47. The highest BCUT2D eigenvalue weighted by Crippen LogP contribution is 2.36. The van der Waals surface area contributed by atoms with E-state index in [4.69, 9.17) is 0 Å². The number of hydrogen-bond donors (Lipinski definition) is 0. The molecule has 13 heavy (non-hydrogen) atoms. The molecule has 0 radical (unpaired) electrons. The fourth-order valence-electron chi connectivity index (χ4n) is 1.61. The Labute approximate surface area is 75.6 Å². The zero-order valence-electron chi connectivity index (χ0n) is 7.44. The van der Waals surface area contributed by atoms with Crippen LogP contribution in [0.25, 0.3) is 10.9 Å². The van der Waals surface area contributed by atoms with Gasteiger partial charge in [-0.05, 0) is 19.8 Å². The Bertz CT molecular complexity index is 456. The minimum absolute atomic E-state index is 0.612. The Hall–Kier alpha value is -1.45. The lowest BCUT2D eigenvalue weighted by Crippen LogP contribution is -1.96. The molecule has 1 saturated carbocycles. The summed E-state index contributed by atoms with van der Waals surface area (Å²) in [6.07, 6.45) is 6.18. The van der Waals surface area contributed by atoms with Gasteiger partial charge >= 0.3 is 0 Å². The van der Waals surface area contributed by atoms with E-state index in [0.717, 1.165) is 16.6 Å². The molecule has 66 valence electrons. The number of aromatic nitrogens is 4. The van der Waals surface area contributed by atoms with Crippen LogP contribution in [0.5, 0.6) is 0 Å². The van der Waals surface area contributed by atoms with Crippen molar-refractivity contribution in [2.45, 2.75) is 25.8 Å². The van der Waals surface area contributed by atoms with Gasteiger partial charge in [0.1, 0.15) is 0 Å². The number of nitrogens with zero attached hydrogens (tertiary/aromatic N) is 4. The molecular weight excluding hydrogens is 164 g/mol. The molecule has 4 nitrogen and oxygen atoms in total. The Morgan fingerprint density at radius 3 is 3.00 bits per heavy atom. The van der Waals surface area contributed by atoms with Gasteiger partial charge in [0.15, 0.2) is 0 Å². The highest BCUT2D eigenvalue weighted by Gasteiger charge is 2.26. The molecule has 0 aromatic carbocycles. The van der Waals surface area contributed by atoms with Crippen LogP contribution in [0, 0.1) is 6.92 Å². The molecule has 4 heteroatoms. The molecule has 2 aromatic heterocycles. The van der Waals surface area contributed by atoms with E-state index in [-0.39, 0.29) is 0 Å². The van der Waals surface area contributed by atoms with Crippen LogP contribution in [0.15, 0.2) is 12.4 Å². The molecule has 1 aliphatic rings. The molecule has 1 aliphatic carbocycles. The van der Waals surface area contributed by atoms with Crippen LogP contribution >= 0.6 is 0 Å². The van der Waals surface area contributed by atoms with Gasteiger partial charge in [-0.3, -0.25) is 4.68 Å². The normalized spacial score (nSPS) is 16.7. The molecule has 2 aromatic rings. The molecule has 0 atom stereocenters. The molecule has 0 spiro atoms. The van der Waals surface area contributed by atoms with Crippen LogP contribution in [0.1, 0.15) is 24.6 Å². The number of fused-ring (bicyclic) bond motifs is 1. The van der Waals surface area contributed by atoms with Gasteiger partial charge in [0.25, 0.3) is 0 Å². The maximum Gasteiger partial charge on any atom is 0.0906 e. The number of rotatable bonds is 1.